The zero-order chi connectivity index (χ0) is 26.0. The minimum Gasteiger partial charge on any atom is -0.497 e. The van der Waals surface area contributed by atoms with Crippen molar-refractivity contribution in [3.63, 3.8) is 0 Å². The fourth-order valence-electron chi connectivity index (χ4n) is 4.90. The second-order valence-electron chi connectivity index (χ2n) is 9.81. The lowest BCUT2D eigenvalue weighted by Crippen LogP contribution is -2.47. The Bertz CT molecular complexity index is 1320. The lowest BCUT2D eigenvalue weighted by atomic mass is 9.70. The van der Waals surface area contributed by atoms with Crippen molar-refractivity contribution in [2.24, 2.45) is 5.92 Å². The van der Waals surface area contributed by atoms with Crippen LogP contribution in [-0.4, -0.2) is 60.0 Å². The van der Waals surface area contributed by atoms with Gasteiger partial charge in [-0.3, -0.25) is 4.79 Å². The van der Waals surface area contributed by atoms with Gasteiger partial charge in [0.05, 0.1) is 23.7 Å². The summed E-state index contributed by atoms with van der Waals surface area (Å²) in [4.78, 5) is 34.0. The molecule has 1 heterocycles. The lowest BCUT2D eigenvalue weighted by molar-refractivity contribution is -0.0974. The molecular formula is C27H33N3O6. The summed E-state index contributed by atoms with van der Waals surface area (Å²) in [5.74, 6) is 0.105. The zero-order valence-corrected chi connectivity index (χ0v) is 21.3. The molecule has 1 aliphatic carbocycles. The quantitative estimate of drug-likeness (QED) is 0.498. The monoisotopic (exact) mass is 495 g/mol. The van der Waals surface area contributed by atoms with Gasteiger partial charge in [0.2, 0.25) is 0 Å². The standard InChI is InChI=1S/C27H33N3O6/c1-16-11-22-23(12-17(16)2)29-25(24(31)28-22)36-26(32)35-21-9-10-27(33,19(14-21)15-30(3)4)18-7-6-8-20(13-18)34-5/h6-8,11-13,19,21,33H,9-10,14-15H2,1-5H3,(H,28,31). The van der Waals surface area contributed by atoms with Gasteiger partial charge >= 0.3 is 11.7 Å². The number of ether oxygens (including phenoxy) is 3. The van der Waals surface area contributed by atoms with E-state index in [2.05, 4.69) is 9.97 Å². The third-order valence-corrected chi connectivity index (χ3v) is 6.94. The largest absolute Gasteiger partial charge is 0.515 e. The van der Waals surface area contributed by atoms with E-state index in [1.807, 2.05) is 69.2 Å². The van der Waals surface area contributed by atoms with Crippen molar-refractivity contribution in [1.82, 2.24) is 14.9 Å². The summed E-state index contributed by atoms with van der Waals surface area (Å²) in [6, 6.07) is 11.1. The van der Waals surface area contributed by atoms with Crippen LogP contribution in [-0.2, 0) is 10.3 Å². The van der Waals surface area contributed by atoms with Gasteiger partial charge in [0.25, 0.3) is 5.88 Å². The van der Waals surface area contributed by atoms with Crippen LogP contribution in [0.15, 0.2) is 41.2 Å². The molecule has 36 heavy (non-hydrogen) atoms. The van der Waals surface area contributed by atoms with Crippen LogP contribution in [0, 0.1) is 19.8 Å². The molecular weight excluding hydrogens is 462 g/mol. The zero-order valence-electron chi connectivity index (χ0n) is 21.3. The van der Waals surface area contributed by atoms with Gasteiger partial charge in [0.15, 0.2) is 0 Å². The molecule has 1 fully saturated rings. The smallest absolute Gasteiger partial charge is 0.497 e. The highest BCUT2D eigenvalue weighted by molar-refractivity contribution is 5.77. The number of carbonyl (C=O) groups excluding carboxylic acids is 1. The molecule has 0 spiro atoms. The van der Waals surface area contributed by atoms with Crippen LogP contribution >= 0.6 is 0 Å². The molecule has 3 aromatic rings. The Balaban J connectivity index is 1.49. The number of nitrogens with zero attached hydrogens (tertiary/aromatic N) is 2. The number of benzene rings is 2. The van der Waals surface area contributed by atoms with E-state index in [0.29, 0.717) is 42.6 Å². The average molecular weight is 496 g/mol. The molecule has 9 heteroatoms. The minimum absolute atomic E-state index is 0.209. The molecule has 9 nitrogen and oxygen atoms in total. The Morgan fingerprint density at radius 3 is 2.69 bits per heavy atom. The number of hydrogen-bond donors (Lipinski definition) is 2. The van der Waals surface area contributed by atoms with Gasteiger partial charge in [-0.25, -0.2) is 9.78 Å². The van der Waals surface area contributed by atoms with Crippen LogP contribution in [0.5, 0.6) is 11.6 Å². The molecule has 0 radical (unpaired) electrons. The number of aliphatic hydroxyl groups is 1. The first-order valence-electron chi connectivity index (χ1n) is 12.0. The molecule has 3 atom stereocenters. The number of methoxy groups -OCH3 is 1. The molecule has 0 saturated heterocycles. The Labute approximate surface area is 210 Å². The number of aryl methyl sites for hydroxylation is 2. The highest BCUT2D eigenvalue weighted by atomic mass is 16.7. The van der Waals surface area contributed by atoms with E-state index in [0.717, 1.165) is 16.7 Å². The van der Waals surface area contributed by atoms with Crippen molar-refractivity contribution in [1.29, 1.82) is 0 Å². The van der Waals surface area contributed by atoms with Gasteiger partial charge in [-0.05, 0) is 88.2 Å². The highest BCUT2D eigenvalue weighted by Crippen LogP contribution is 2.43. The maximum atomic E-state index is 12.6. The summed E-state index contributed by atoms with van der Waals surface area (Å²) < 4.78 is 16.1. The van der Waals surface area contributed by atoms with E-state index < -0.39 is 23.4 Å². The van der Waals surface area contributed by atoms with Gasteiger partial charge in [0, 0.05) is 12.5 Å². The second kappa shape index (κ2) is 10.3. The van der Waals surface area contributed by atoms with E-state index in [1.54, 1.807) is 7.11 Å². The molecule has 1 aliphatic rings. The van der Waals surface area contributed by atoms with Crippen molar-refractivity contribution in [2.75, 3.05) is 27.7 Å². The summed E-state index contributed by atoms with van der Waals surface area (Å²) in [6.07, 6.45) is -0.202. The molecule has 1 saturated carbocycles. The Morgan fingerprint density at radius 2 is 1.97 bits per heavy atom. The molecule has 2 aromatic carbocycles. The van der Waals surface area contributed by atoms with Crippen molar-refractivity contribution >= 4 is 17.2 Å². The van der Waals surface area contributed by atoms with Gasteiger partial charge < -0.3 is 29.2 Å². The molecule has 4 rings (SSSR count). The van der Waals surface area contributed by atoms with Gasteiger partial charge in [-0.2, -0.15) is 0 Å². The molecule has 0 amide bonds. The molecule has 0 aliphatic heterocycles. The van der Waals surface area contributed by atoms with Crippen LogP contribution in [0.3, 0.4) is 0 Å². The third-order valence-electron chi connectivity index (χ3n) is 6.94. The topological polar surface area (TPSA) is 114 Å². The molecule has 3 unspecified atom stereocenters. The summed E-state index contributed by atoms with van der Waals surface area (Å²) in [5.41, 5.74) is 2.18. The SMILES string of the molecule is COc1cccc(C2(O)CCC(OC(=O)Oc3nc4cc(C)c(C)cc4[nH]c3=O)CC2CN(C)C)c1. The van der Waals surface area contributed by atoms with Crippen LogP contribution in [0.1, 0.15) is 36.0 Å². The highest BCUT2D eigenvalue weighted by Gasteiger charge is 2.45. The first-order chi connectivity index (χ1) is 17.1. The lowest BCUT2D eigenvalue weighted by Gasteiger charge is -2.44. The van der Waals surface area contributed by atoms with Crippen molar-refractivity contribution in [3.8, 4) is 11.6 Å². The van der Waals surface area contributed by atoms with Crippen LogP contribution in [0.4, 0.5) is 4.79 Å². The Morgan fingerprint density at radius 1 is 1.22 bits per heavy atom. The second-order valence-corrected chi connectivity index (χ2v) is 9.81. The predicted molar refractivity (Wildman–Crippen MR) is 136 cm³/mol. The molecule has 192 valence electrons. The van der Waals surface area contributed by atoms with E-state index in [9.17, 15) is 14.7 Å². The number of H-pyrrole nitrogens is 1. The van der Waals surface area contributed by atoms with Crippen molar-refractivity contribution in [2.45, 2.75) is 44.8 Å². The van der Waals surface area contributed by atoms with E-state index in [4.69, 9.17) is 14.2 Å². The van der Waals surface area contributed by atoms with Crippen LogP contribution in [0.2, 0.25) is 0 Å². The van der Waals surface area contributed by atoms with Crippen LogP contribution < -0.4 is 15.0 Å². The normalized spacial score (nSPS) is 22.0. The predicted octanol–water partition coefficient (Wildman–Crippen LogP) is 3.68. The fourth-order valence-corrected chi connectivity index (χ4v) is 4.90. The Kier molecular flexibility index (Phi) is 7.33. The summed E-state index contributed by atoms with van der Waals surface area (Å²) >= 11 is 0. The van der Waals surface area contributed by atoms with E-state index in [1.165, 1.54) is 0 Å². The summed E-state index contributed by atoms with van der Waals surface area (Å²) in [7, 11) is 5.46. The molecule has 1 aromatic heterocycles. The fraction of sp³-hybridized carbons (Fsp3) is 0.444. The van der Waals surface area contributed by atoms with Crippen molar-refractivity contribution < 1.29 is 24.1 Å². The average Bonchev–Trinajstić information content (AvgIpc) is 2.83. The molecule has 2 N–H and O–H groups in total. The van der Waals surface area contributed by atoms with E-state index >= 15 is 0 Å². The number of carbonyl (C=O) groups is 1. The number of aromatic nitrogens is 2. The molecule has 0 bridgehead atoms. The number of fused-ring (bicyclic) bond motifs is 1. The maximum Gasteiger partial charge on any atom is 0.515 e. The number of hydrogen-bond acceptors (Lipinski definition) is 8. The minimum atomic E-state index is -1.10. The number of aromatic amines is 1. The summed E-state index contributed by atoms with van der Waals surface area (Å²) in [5, 5.41) is 11.7. The number of rotatable bonds is 6. The van der Waals surface area contributed by atoms with Gasteiger partial charge in [0.1, 0.15) is 11.9 Å². The maximum absolute atomic E-state index is 12.6. The van der Waals surface area contributed by atoms with Gasteiger partial charge in [-0.15, -0.1) is 0 Å². The summed E-state index contributed by atoms with van der Waals surface area (Å²) in [6.45, 7) is 4.47. The van der Waals surface area contributed by atoms with Crippen LogP contribution in [0.25, 0.3) is 11.0 Å². The van der Waals surface area contributed by atoms with Crippen molar-refractivity contribution in [3.05, 3.63) is 63.4 Å². The first-order valence-corrected chi connectivity index (χ1v) is 12.0. The van der Waals surface area contributed by atoms with E-state index in [-0.39, 0.29) is 11.8 Å². The number of nitrogens with one attached hydrogen (secondary N) is 1. The van der Waals surface area contributed by atoms with Gasteiger partial charge in [-0.1, -0.05) is 12.1 Å². The third kappa shape index (κ3) is 5.37. The first kappa shape index (κ1) is 25.7. The Hall–Kier alpha value is -3.43.